The quantitative estimate of drug-likeness (QED) is 0.495. The van der Waals surface area contributed by atoms with Crippen molar-refractivity contribution >= 4 is 8.04 Å². The van der Waals surface area contributed by atoms with E-state index in [2.05, 4.69) is 0 Å². The van der Waals surface area contributed by atoms with Crippen LogP contribution >= 0.6 is 8.04 Å². The molecule has 2 nitrogen and oxygen atoms in total. The van der Waals surface area contributed by atoms with Crippen molar-refractivity contribution in [2.45, 2.75) is 6.04 Å². The van der Waals surface area contributed by atoms with Crippen LogP contribution in [0.5, 0.6) is 0 Å². The summed E-state index contributed by atoms with van der Waals surface area (Å²) in [6.45, 7) is 0.0319. The Balaban J connectivity index is 3.03. The van der Waals surface area contributed by atoms with E-state index >= 15 is 0 Å². The van der Waals surface area contributed by atoms with Crippen LogP contribution in [0.1, 0.15) is 0 Å². The average Bonchev–Trinajstić information content (AvgIpc) is 1.68. The van der Waals surface area contributed by atoms with Gasteiger partial charge in [0, 0.05) is 0 Å². The molecule has 0 spiro atoms. The Bertz CT molecular complexity index is 78.2. The molecule has 0 aromatic rings. The number of nitrogens with two attached hydrogens (primary N) is 1. The van der Waals surface area contributed by atoms with Crippen molar-refractivity contribution in [3.8, 4) is 6.13 Å². The summed E-state index contributed by atoms with van der Waals surface area (Å²) in [5.74, 6) is 0. The van der Waals surface area contributed by atoms with Gasteiger partial charge >= 0.3 is 43.8 Å². The zero-order valence-electron chi connectivity index (χ0n) is 4.04. The van der Waals surface area contributed by atoms with Gasteiger partial charge in [-0.2, -0.15) is 0 Å². The van der Waals surface area contributed by atoms with E-state index < -0.39 is 0 Å². The van der Waals surface area contributed by atoms with Crippen molar-refractivity contribution < 1.29 is 5.11 Å². The summed E-state index contributed by atoms with van der Waals surface area (Å²) in [6, 6.07) is -0.133. The minimum absolute atomic E-state index is 0.0319. The molecule has 0 heterocycles. The normalized spacial score (nSPS) is 13.3. The van der Waals surface area contributed by atoms with Crippen molar-refractivity contribution in [2.24, 2.45) is 5.73 Å². The van der Waals surface area contributed by atoms with Gasteiger partial charge in [0.25, 0.3) is 0 Å². The van der Waals surface area contributed by atoms with E-state index in [0.717, 1.165) is 8.04 Å². The van der Waals surface area contributed by atoms with Crippen molar-refractivity contribution in [3.63, 3.8) is 0 Å². The topological polar surface area (TPSA) is 46.2 Å². The van der Waals surface area contributed by atoms with Crippen molar-refractivity contribution in [1.82, 2.24) is 0 Å². The molecule has 3 N–H and O–H groups in total. The fourth-order valence-electron chi connectivity index (χ4n) is 0.193. The molecule has 0 amide bonds. The van der Waals surface area contributed by atoms with Gasteiger partial charge < -0.3 is 0 Å². The maximum absolute atomic E-state index is 8.28. The number of aliphatic hydroxyl groups is 1. The molecule has 0 rings (SSSR count). The Morgan fingerprint density at radius 3 is 2.57 bits per heavy atom. The Labute approximate surface area is 44.8 Å². The first-order valence-electron chi connectivity index (χ1n) is 2.04. The monoisotopic (exact) mass is 118 g/mol. The molecule has 7 heavy (non-hydrogen) atoms. The molecule has 0 aliphatic rings. The predicted molar refractivity (Wildman–Crippen MR) is 31.8 cm³/mol. The summed E-state index contributed by atoms with van der Waals surface area (Å²) >= 11 is 0. The molecule has 0 saturated heterocycles. The third-order valence-electron chi connectivity index (χ3n) is 0.574. The van der Waals surface area contributed by atoms with Gasteiger partial charge in [-0.1, -0.05) is 0 Å². The fraction of sp³-hybridized carbons (Fsp3) is 0.750. The van der Waals surface area contributed by atoms with E-state index in [4.69, 9.17) is 17.0 Å². The van der Waals surface area contributed by atoms with Crippen LogP contribution in [0.2, 0.25) is 0 Å². The Hall–Kier alpha value is 0.130. The average molecular weight is 118 g/mol. The first kappa shape index (κ1) is 7.13. The molecule has 40 valence electrons. The second-order valence-electron chi connectivity index (χ2n) is 1.31. The zero-order chi connectivity index (χ0) is 5.70. The Morgan fingerprint density at radius 1 is 1.86 bits per heavy atom. The van der Waals surface area contributed by atoms with Crippen LogP contribution in [0.25, 0.3) is 0 Å². The van der Waals surface area contributed by atoms with E-state index in [-0.39, 0.29) is 12.6 Å². The first-order valence-corrected chi connectivity index (χ1v) is 3.19. The molecular weight excluding hydrogens is 109 g/mol. The molecule has 0 aromatic carbocycles. The zero-order valence-corrected chi connectivity index (χ0v) is 4.94. The maximum atomic E-state index is 8.28. The summed E-state index contributed by atoms with van der Waals surface area (Å²) < 4.78 is 0. The van der Waals surface area contributed by atoms with Crippen LogP contribution in [-0.2, 0) is 0 Å². The number of aliphatic hydroxyl groups excluding tert-OH is 1. The van der Waals surface area contributed by atoms with Crippen LogP contribution in [0.15, 0.2) is 0 Å². The third kappa shape index (κ3) is 3.97. The van der Waals surface area contributed by atoms with Gasteiger partial charge in [0.15, 0.2) is 0 Å². The minimum atomic E-state index is -0.133. The summed E-state index contributed by atoms with van der Waals surface area (Å²) in [7, 11) is 0.755. The molecule has 3 heteroatoms. The number of hydrogen-bond acceptors (Lipinski definition) is 2. The van der Waals surface area contributed by atoms with Crippen LogP contribution in [0, 0.1) is 6.13 Å². The molecule has 1 atom stereocenters. The summed E-state index contributed by atoms with van der Waals surface area (Å²) in [5.41, 5.74) is 5.25. The summed E-state index contributed by atoms with van der Waals surface area (Å²) in [6.07, 6.45) is 5.76. The second kappa shape index (κ2) is 4.29. The van der Waals surface area contributed by atoms with Gasteiger partial charge in [0.05, 0.1) is 0 Å². The van der Waals surface area contributed by atoms with Crippen LogP contribution in [0.4, 0.5) is 0 Å². The fourth-order valence-corrected chi connectivity index (χ4v) is 0.579. The van der Waals surface area contributed by atoms with E-state index in [9.17, 15) is 0 Å². The predicted octanol–water partition coefficient (Wildman–Crippen LogP) is -0.159. The standard InChI is InChI=1S/C4H9NOP/c1-7-3-4(5)2-6/h1,4,6H,2-3,5H2/q+1. The molecule has 0 fully saturated rings. The van der Waals surface area contributed by atoms with Crippen LogP contribution in [0.3, 0.4) is 0 Å². The van der Waals surface area contributed by atoms with Crippen LogP contribution < -0.4 is 5.73 Å². The Morgan fingerprint density at radius 2 is 2.43 bits per heavy atom. The van der Waals surface area contributed by atoms with Gasteiger partial charge in [-0.05, 0) is 0 Å². The molecule has 0 aromatic heterocycles. The molecule has 1 unspecified atom stereocenters. The molecular formula is C4H9NOP+. The SMILES string of the molecule is C#[P+]CC(N)CO. The van der Waals surface area contributed by atoms with Crippen LogP contribution in [-0.4, -0.2) is 23.9 Å². The summed E-state index contributed by atoms with van der Waals surface area (Å²) in [5, 5.41) is 8.28. The second-order valence-corrected chi connectivity index (χ2v) is 2.04. The van der Waals surface area contributed by atoms with Gasteiger partial charge in [0.2, 0.25) is 0 Å². The van der Waals surface area contributed by atoms with Crippen molar-refractivity contribution in [2.75, 3.05) is 12.8 Å². The molecule has 0 aliphatic heterocycles. The Kier molecular flexibility index (Phi) is 4.37. The van der Waals surface area contributed by atoms with E-state index in [1.807, 2.05) is 0 Å². The third-order valence-corrected chi connectivity index (χ3v) is 1.25. The van der Waals surface area contributed by atoms with Crippen molar-refractivity contribution in [1.29, 1.82) is 0 Å². The molecule has 0 aliphatic carbocycles. The molecule has 0 saturated carbocycles. The van der Waals surface area contributed by atoms with E-state index in [1.54, 1.807) is 0 Å². The molecule has 0 radical (unpaired) electrons. The molecule has 0 bridgehead atoms. The summed E-state index contributed by atoms with van der Waals surface area (Å²) in [4.78, 5) is 0. The van der Waals surface area contributed by atoms with Crippen molar-refractivity contribution in [3.05, 3.63) is 0 Å². The first-order chi connectivity index (χ1) is 3.31. The van der Waals surface area contributed by atoms with Gasteiger partial charge in [0.1, 0.15) is 0 Å². The van der Waals surface area contributed by atoms with Gasteiger partial charge in [-0.15, -0.1) is 0 Å². The van der Waals surface area contributed by atoms with Gasteiger partial charge in [-0.25, -0.2) is 0 Å². The number of rotatable bonds is 2. The van der Waals surface area contributed by atoms with E-state index in [0.29, 0.717) is 6.16 Å². The number of hydrogen-bond donors (Lipinski definition) is 2. The van der Waals surface area contributed by atoms with E-state index in [1.165, 1.54) is 0 Å². The van der Waals surface area contributed by atoms with Gasteiger partial charge in [-0.3, -0.25) is 0 Å².